The molecule has 0 fully saturated rings. The monoisotopic (exact) mass is 290 g/mol. The molecule has 2 rings (SSSR count). The molecule has 1 heterocycles. The topological polar surface area (TPSA) is 67.4 Å². The Balaban J connectivity index is 1.81. The molecule has 2 N–H and O–H groups in total. The van der Waals surface area contributed by atoms with Crippen molar-refractivity contribution in [2.75, 3.05) is 18.5 Å². The third-order valence-corrected chi connectivity index (χ3v) is 3.39. The molecule has 114 valence electrons. The zero-order valence-electron chi connectivity index (χ0n) is 12.6. The number of fused-ring (bicyclic) bond motifs is 1. The highest BCUT2D eigenvalue weighted by Gasteiger charge is 2.15. The zero-order valence-corrected chi connectivity index (χ0v) is 12.6. The first-order valence-corrected chi connectivity index (χ1v) is 7.37. The van der Waals surface area contributed by atoms with Crippen molar-refractivity contribution in [3.05, 3.63) is 23.8 Å². The van der Waals surface area contributed by atoms with E-state index in [4.69, 9.17) is 4.74 Å². The van der Waals surface area contributed by atoms with E-state index in [1.807, 2.05) is 12.1 Å². The Kier molecular flexibility index (Phi) is 5.20. The predicted molar refractivity (Wildman–Crippen MR) is 81.4 cm³/mol. The number of anilines is 1. The average molecular weight is 290 g/mol. The molecule has 0 spiro atoms. The second kappa shape index (κ2) is 7.11. The highest BCUT2D eigenvalue weighted by molar-refractivity contribution is 5.94. The molecular weight excluding hydrogens is 268 g/mol. The normalized spacial score (nSPS) is 13.6. The number of rotatable bonds is 6. The highest BCUT2D eigenvalue weighted by Crippen LogP contribution is 2.26. The molecule has 5 heteroatoms. The first kappa shape index (κ1) is 15.4. The van der Waals surface area contributed by atoms with Crippen molar-refractivity contribution in [3.63, 3.8) is 0 Å². The van der Waals surface area contributed by atoms with Crippen LogP contribution >= 0.6 is 0 Å². The van der Waals surface area contributed by atoms with Crippen molar-refractivity contribution in [2.24, 2.45) is 5.92 Å². The number of aryl methyl sites for hydroxylation is 1. The molecule has 1 aliphatic rings. The molecule has 0 unspecified atom stereocenters. The van der Waals surface area contributed by atoms with Crippen LogP contribution in [0.1, 0.15) is 32.3 Å². The molecule has 0 radical (unpaired) electrons. The number of amides is 2. The van der Waals surface area contributed by atoms with Gasteiger partial charge in [0.1, 0.15) is 5.75 Å². The lowest BCUT2D eigenvalue weighted by Gasteiger charge is -2.17. The molecule has 5 nitrogen and oxygen atoms in total. The van der Waals surface area contributed by atoms with Crippen molar-refractivity contribution in [1.82, 2.24) is 5.32 Å². The maximum absolute atomic E-state index is 11.6. The van der Waals surface area contributed by atoms with Crippen LogP contribution in [0.4, 0.5) is 5.69 Å². The van der Waals surface area contributed by atoms with Crippen molar-refractivity contribution in [2.45, 2.75) is 33.1 Å². The lowest BCUT2D eigenvalue weighted by molar-refractivity contribution is -0.123. The van der Waals surface area contributed by atoms with Gasteiger partial charge in [-0.15, -0.1) is 0 Å². The van der Waals surface area contributed by atoms with Crippen LogP contribution in [0, 0.1) is 5.92 Å². The van der Waals surface area contributed by atoms with Crippen LogP contribution in [-0.2, 0) is 16.0 Å². The fourth-order valence-electron chi connectivity index (χ4n) is 2.15. The Morgan fingerprint density at radius 2 is 2.19 bits per heavy atom. The van der Waals surface area contributed by atoms with E-state index in [0.717, 1.165) is 17.7 Å². The molecule has 1 aromatic rings. The van der Waals surface area contributed by atoms with Gasteiger partial charge < -0.3 is 15.4 Å². The minimum absolute atomic E-state index is 0.0171. The summed E-state index contributed by atoms with van der Waals surface area (Å²) in [5.74, 6) is 1.16. The quantitative estimate of drug-likeness (QED) is 0.843. The zero-order chi connectivity index (χ0) is 15.2. The molecule has 1 aromatic carbocycles. The average Bonchev–Trinajstić information content (AvgIpc) is 2.44. The van der Waals surface area contributed by atoms with Crippen LogP contribution in [0.25, 0.3) is 0 Å². The first-order chi connectivity index (χ1) is 10.0. The van der Waals surface area contributed by atoms with E-state index >= 15 is 0 Å². The molecule has 2 amide bonds. The van der Waals surface area contributed by atoms with Crippen LogP contribution in [-0.4, -0.2) is 25.0 Å². The van der Waals surface area contributed by atoms with Gasteiger partial charge in [0.15, 0.2) is 6.61 Å². The molecule has 21 heavy (non-hydrogen) atoms. The molecule has 0 atom stereocenters. The van der Waals surface area contributed by atoms with Crippen LogP contribution in [0.3, 0.4) is 0 Å². The predicted octanol–water partition coefficient (Wildman–Crippen LogP) is 2.11. The number of ether oxygens (including phenoxy) is 1. The number of carbonyl (C=O) groups excluding carboxylic acids is 2. The Hall–Kier alpha value is -2.04. The second-order valence-corrected chi connectivity index (χ2v) is 5.69. The Labute approximate surface area is 125 Å². The van der Waals surface area contributed by atoms with E-state index < -0.39 is 0 Å². The Morgan fingerprint density at radius 3 is 2.95 bits per heavy atom. The summed E-state index contributed by atoms with van der Waals surface area (Å²) >= 11 is 0. The van der Waals surface area contributed by atoms with Gasteiger partial charge in [-0.3, -0.25) is 9.59 Å². The van der Waals surface area contributed by atoms with Gasteiger partial charge in [0.05, 0.1) is 0 Å². The maximum atomic E-state index is 11.6. The van der Waals surface area contributed by atoms with Gasteiger partial charge >= 0.3 is 0 Å². The van der Waals surface area contributed by atoms with Crippen LogP contribution in [0.5, 0.6) is 5.75 Å². The molecule has 0 aliphatic carbocycles. The minimum Gasteiger partial charge on any atom is -0.484 e. The van der Waals surface area contributed by atoms with Crippen molar-refractivity contribution >= 4 is 17.5 Å². The summed E-state index contributed by atoms with van der Waals surface area (Å²) < 4.78 is 5.49. The van der Waals surface area contributed by atoms with Gasteiger partial charge in [-0.1, -0.05) is 13.8 Å². The fraction of sp³-hybridized carbons (Fsp3) is 0.500. The van der Waals surface area contributed by atoms with Crippen LogP contribution < -0.4 is 15.4 Å². The van der Waals surface area contributed by atoms with Crippen molar-refractivity contribution < 1.29 is 14.3 Å². The van der Waals surface area contributed by atoms with Gasteiger partial charge in [0, 0.05) is 18.7 Å². The summed E-state index contributed by atoms with van der Waals surface area (Å²) in [4.78, 5) is 22.9. The van der Waals surface area contributed by atoms with E-state index in [0.29, 0.717) is 31.1 Å². The summed E-state index contributed by atoms with van der Waals surface area (Å²) in [6.07, 6.45) is 2.16. The van der Waals surface area contributed by atoms with Crippen LogP contribution in [0.15, 0.2) is 18.2 Å². The van der Waals surface area contributed by atoms with E-state index in [1.165, 1.54) is 0 Å². The lowest BCUT2D eigenvalue weighted by atomic mass is 10.0. The van der Waals surface area contributed by atoms with E-state index in [-0.39, 0.29) is 18.4 Å². The summed E-state index contributed by atoms with van der Waals surface area (Å²) in [6.45, 7) is 4.93. The lowest BCUT2D eigenvalue weighted by Crippen LogP contribution is -2.30. The number of carbonyl (C=O) groups is 2. The molecule has 0 saturated carbocycles. The van der Waals surface area contributed by atoms with Crippen molar-refractivity contribution in [1.29, 1.82) is 0 Å². The first-order valence-electron chi connectivity index (χ1n) is 7.37. The summed E-state index contributed by atoms with van der Waals surface area (Å²) in [5, 5.41) is 5.65. The maximum Gasteiger partial charge on any atom is 0.257 e. The second-order valence-electron chi connectivity index (χ2n) is 5.69. The van der Waals surface area contributed by atoms with Crippen molar-refractivity contribution in [3.8, 4) is 5.75 Å². The SMILES string of the molecule is CC(C)CCNC(=O)COc1ccc2c(c1)CCC(=O)N2. The Bertz CT molecular complexity index is 526. The third kappa shape index (κ3) is 4.77. The summed E-state index contributed by atoms with van der Waals surface area (Å²) in [7, 11) is 0. The van der Waals surface area contributed by atoms with Gasteiger partial charge in [0.25, 0.3) is 5.91 Å². The number of benzene rings is 1. The van der Waals surface area contributed by atoms with Gasteiger partial charge in [-0.2, -0.15) is 0 Å². The molecule has 0 bridgehead atoms. The smallest absolute Gasteiger partial charge is 0.257 e. The summed E-state index contributed by atoms with van der Waals surface area (Å²) in [6, 6.07) is 5.47. The minimum atomic E-state index is -0.110. The van der Waals surface area contributed by atoms with E-state index in [2.05, 4.69) is 24.5 Å². The summed E-state index contributed by atoms with van der Waals surface area (Å²) in [5.41, 5.74) is 1.88. The van der Waals surface area contributed by atoms with Gasteiger partial charge in [-0.25, -0.2) is 0 Å². The number of hydrogen-bond acceptors (Lipinski definition) is 3. The highest BCUT2D eigenvalue weighted by atomic mass is 16.5. The van der Waals surface area contributed by atoms with E-state index in [1.54, 1.807) is 6.07 Å². The fourth-order valence-corrected chi connectivity index (χ4v) is 2.15. The van der Waals surface area contributed by atoms with Gasteiger partial charge in [0.2, 0.25) is 5.91 Å². The standard InChI is InChI=1S/C16H22N2O3/c1-11(2)7-8-17-16(20)10-21-13-4-5-14-12(9-13)3-6-15(19)18-14/h4-5,9,11H,3,6-8,10H2,1-2H3,(H,17,20)(H,18,19). The molecule has 1 aliphatic heterocycles. The third-order valence-electron chi connectivity index (χ3n) is 3.39. The molecular formula is C16H22N2O3. The molecule has 0 saturated heterocycles. The van der Waals surface area contributed by atoms with E-state index in [9.17, 15) is 9.59 Å². The number of hydrogen-bond donors (Lipinski definition) is 2. The van der Waals surface area contributed by atoms with Gasteiger partial charge in [-0.05, 0) is 42.5 Å². The number of nitrogens with one attached hydrogen (secondary N) is 2. The molecule has 0 aromatic heterocycles. The Morgan fingerprint density at radius 1 is 1.38 bits per heavy atom. The largest absolute Gasteiger partial charge is 0.484 e. The van der Waals surface area contributed by atoms with Crippen LogP contribution in [0.2, 0.25) is 0 Å².